The van der Waals surface area contributed by atoms with Crippen LogP contribution in [0.5, 0.6) is 0 Å². The van der Waals surface area contributed by atoms with Crippen molar-refractivity contribution in [2.75, 3.05) is 5.32 Å². The van der Waals surface area contributed by atoms with Crippen LogP contribution in [0.15, 0.2) is 53.4 Å². The van der Waals surface area contributed by atoms with Crippen molar-refractivity contribution in [1.29, 1.82) is 0 Å². The molecule has 0 aromatic heterocycles. The van der Waals surface area contributed by atoms with Gasteiger partial charge >= 0.3 is 0 Å². The highest BCUT2D eigenvalue weighted by Crippen LogP contribution is 2.29. The second kappa shape index (κ2) is 6.21. The van der Waals surface area contributed by atoms with Gasteiger partial charge in [-0.1, -0.05) is 30.3 Å². The summed E-state index contributed by atoms with van der Waals surface area (Å²) in [6.45, 7) is 0. The Balaban J connectivity index is 2.11. The third kappa shape index (κ3) is 3.11. The molecule has 0 bridgehead atoms. The summed E-state index contributed by atoms with van der Waals surface area (Å²) in [6.07, 6.45) is 0.641. The lowest BCUT2D eigenvalue weighted by Gasteiger charge is -2.08. The number of para-hydroxylation sites is 1. The molecule has 0 aliphatic carbocycles. The largest absolute Gasteiger partial charge is 0.328 e. The molecule has 0 radical (unpaired) electrons. The summed E-state index contributed by atoms with van der Waals surface area (Å²) < 4.78 is 13.5. The summed E-state index contributed by atoms with van der Waals surface area (Å²) in [5.41, 5.74) is 1.40. The standard InChI is InChI=1S/C14H12FNOS/c15-12-6-2-1-5-11(12)9-18-14-8-4-3-7-13(14)16-10-17/h1-8,10H,9H2,(H,16,17). The average Bonchev–Trinajstić information content (AvgIpc) is 2.40. The number of amides is 1. The van der Waals surface area contributed by atoms with Gasteiger partial charge in [-0.3, -0.25) is 4.79 Å². The van der Waals surface area contributed by atoms with Crippen LogP contribution >= 0.6 is 11.8 Å². The fraction of sp³-hybridized carbons (Fsp3) is 0.0714. The molecule has 2 aromatic carbocycles. The Hall–Kier alpha value is -1.81. The van der Waals surface area contributed by atoms with Crippen LogP contribution in [-0.4, -0.2) is 6.41 Å². The Labute approximate surface area is 109 Å². The van der Waals surface area contributed by atoms with E-state index in [9.17, 15) is 9.18 Å². The lowest BCUT2D eigenvalue weighted by Crippen LogP contribution is -1.95. The first-order valence-corrected chi connectivity index (χ1v) is 6.45. The zero-order valence-corrected chi connectivity index (χ0v) is 10.4. The quantitative estimate of drug-likeness (QED) is 0.657. The Morgan fingerprint density at radius 3 is 2.61 bits per heavy atom. The molecule has 2 aromatic rings. The summed E-state index contributed by atoms with van der Waals surface area (Å²) in [6, 6.07) is 14.2. The smallest absolute Gasteiger partial charge is 0.211 e. The molecule has 18 heavy (non-hydrogen) atoms. The van der Waals surface area contributed by atoms with Gasteiger partial charge in [0.15, 0.2) is 0 Å². The van der Waals surface area contributed by atoms with E-state index in [1.807, 2.05) is 30.3 Å². The van der Waals surface area contributed by atoms with Gasteiger partial charge in [0.2, 0.25) is 6.41 Å². The van der Waals surface area contributed by atoms with E-state index in [0.717, 1.165) is 10.6 Å². The molecule has 0 aliphatic heterocycles. The average molecular weight is 261 g/mol. The number of hydrogen-bond donors (Lipinski definition) is 1. The van der Waals surface area contributed by atoms with Gasteiger partial charge in [0.05, 0.1) is 5.69 Å². The molecule has 0 spiro atoms. The maximum absolute atomic E-state index is 13.5. The van der Waals surface area contributed by atoms with Crippen molar-refractivity contribution >= 4 is 23.9 Å². The van der Waals surface area contributed by atoms with Gasteiger partial charge in [-0.25, -0.2) is 4.39 Å². The highest BCUT2D eigenvalue weighted by atomic mass is 32.2. The Morgan fingerprint density at radius 1 is 1.11 bits per heavy atom. The van der Waals surface area contributed by atoms with Crippen LogP contribution in [0.4, 0.5) is 10.1 Å². The van der Waals surface area contributed by atoms with Crippen LogP contribution in [0.2, 0.25) is 0 Å². The van der Waals surface area contributed by atoms with E-state index >= 15 is 0 Å². The van der Waals surface area contributed by atoms with Crippen molar-refractivity contribution < 1.29 is 9.18 Å². The number of anilines is 1. The van der Waals surface area contributed by atoms with E-state index in [-0.39, 0.29) is 5.82 Å². The summed E-state index contributed by atoms with van der Waals surface area (Å²) >= 11 is 1.49. The van der Waals surface area contributed by atoms with E-state index in [1.165, 1.54) is 17.8 Å². The monoisotopic (exact) mass is 261 g/mol. The number of hydrogen-bond acceptors (Lipinski definition) is 2. The van der Waals surface area contributed by atoms with Crippen molar-refractivity contribution in [3.05, 3.63) is 59.9 Å². The fourth-order valence-corrected chi connectivity index (χ4v) is 2.55. The van der Waals surface area contributed by atoms with Gasteiger partial charge in [-0.15, -0.1) is 11.8 Å². The van der Waals surface area contributed by atoms with Crippen LogP contribution < -0.4 is 5.32 Å². The van der Waals surface area contributed by atoms with Crippen molar-refractivity contribution in [2.24, 2.45) is 0 Å². The fourth-order valence-electron chi connectivity index (χ4n) is 1.55. The van der Waals surface area contributed by atoms with E-state index in [4.69, 9.17) is 0 Å². The molecule has 1 N–H and O–H groups in total. The first kappa shape index (κ1) is 12.6. The topological polar surface area (TPSA) is 29.1 Å². The van der Waals surface area contributed by atoms with E-state index in [0.29, 0.717) is 17.7 Å². The van der Waals surface area contributed by atoms with Gasteiger partial charge in [-0.2, -0.15) is 0 Å². The predicted octanol–water partition coefficient (Wildman–Crippen LogP) is 3.69. The summed E-state index contributed by atoms with van der Waals surface area (Å²) in [5, 5.41) is 2.63. The van der Waals surface area contributed by atoms with Gasteiger partial charge in [0.25, 0.3) is 0 Å². The predicted molar refractivity (Wildman–Crippen MR) is 72.1 cm³/mol. The molecule has 2 rings (SSSR count). The Kier molecular flexibility index (Phi) is 4.36. The first-order valence-electron chi connectivity index (χ1n) is 5.46. The second-order valence-corrected chi connectivity index (χ2v) is 4.66. The molecule has 0 saturated heterocycles. The number of rotatable bonds is 5. The van der Waals surface area contributed by atoms with Crippen molar-refractivity contribution in [3.8, 4) is 0 Å². The number of halogens is 1. The molecular weight excluding hydrogens is 249 g/mol. The van der Waals surface area contributed by atoms with E-state index in [1.54, 1.807) is 12.1 Å². The molecule has 0 aliphatic rings. The highest BCUT2D eigenvalue weighted by Gasteiger charge is 2.04. The molecule has 0 atom stereocenters. The molecule has 0 unspecified atom stereocenters. The van der Waals surface area contributed by atoms with E-state index < -0.39 is 0 Å². The normalized spacial score (nSPS) is 10.1. The molecular formula is C14H12FNOS. The minimum atomic E-state index is -0.203. The lowest BCUT2D eigenvalue weighted by molar-refractivity contribution is -0.105. The molecule has 0 fully saturated rings. The van der Waals surface area contributed by atoms with Gasteiger partial charge in [0.1, 0.15) is 5.82 Å². The summed E-state index contributed by atoms with van der Waals surface area (Å²) in [4.78, 5) is 11.4. The zero-order valence-electron chi connectivity index (χ0n) is 9.60. The Morgan fingerprint density at radius 2 is 1.83 bits per heavy atom. The van der Waals surface area contributed by atoms with Gasteiger partial charge in [-0.05, 0) is 23.8 Å². The third-order valence-corrected chi connectivity index (χ3v) is 3.56. The summed E-state index contributed by atoms with van der Waals surface area (Å²) in [7, 11) is 0. The molecule has 0 heterocycles. The van der Waals surface area contributed by atoms with Crippen molar-refractivity contribution in [2.45, 2.75) is 10.6 Å². The van der Waals surface area contributed by atoms with Crippen LogP contribution in [-0.2, 0) is 10.5 Å². The zero-order chi connectivity index (χ0) is 12.8. The second-order valence-electron chi connectivity index (χ2n) is 3.64. The molecule has 4 heteroatoms. The maximum Gasteiger partial charge on any atom is 0.211 e. The van der Waals surface area contributed by atoms with Crippen LogP contribution in [0.25, 0.3) is 0 Å². The minimum absolute atomic E-state index is 0.203. The van der Waals surface area contributed by atoms with Crippen molar-refractivity contribution in [3.63, 3.8) is 0 Å². The van der Waals surface area contributed by atoms with Gasteiger partial charge in [0, 0.05) is 10.6 Å². The SMILES string of the molecule is O=CNc1ccccc1SCc1ccccc1F. The number of nitrogens with one attached hydrogen (secondary N) is 1. The highest BCUT2D eigenvalue weighted by molar-refractivity contribution is 7.98. The molecule has 1 amide bonds. The molecule has 0 saturated carbocycles. The molecule has 2 nitrogen and oxygen atoms in total. The maximum atomic E-state index is 13.5. The Bertz CT molecular complexity index is 545. The third-order valence-electron chi connectivity index (χ3n) is 2.44. The lowest BCUT2D eigenvalue weighted by atomic mass is 10.2. The van der Waals surface area contributed by atoms with E-state index in [2.05, 4.69) is 5.32 Å². The van der Waals surface area contributed by atoms with Crippen LogP contribution in [0, 0.1) is 5.82 Å². The van der Waals surface area contributed by atoms with Gasteiger partial charge < -0.3 is 5.32 Å². The summed E-state index contributed by atoms with van der Waals surface area (Å²) in [5.74, 6) is 0.329. The van der Waals surface area contributed by atoms with Crippen molar-refractivity contribution in [1.82, 2.24) is 0 Å². The number of benzene rings is 2. The number of thioether (sulfide) groups is 1. The van der Waals surface area contributed by atoms with Crippen LogP contribution in [0.3, 0.4) is 0 Å². The number of carbonyl (C=O) groups excluding carboxylic acids is 1. The minimum Gasteiger partial charge on any atom is -0.328 e. The molecule has 92 valence electrons. The van der Waals surface area contributed by atoms with Crippen LogP contribution in [0.1, 0.15) is 5.56 Å². The first-order chi connectivity index (χ1) is 8.81. The number of carbonyl (C=O) groups is 1.